The van der Waals surface area contributed by atoms with Gasteiger partial charge in [-0.15, -0.1) is 0 Å². The molecule has 0 aliphatic heterocycles. The van der Waals surface area contributed by atoms with Crippen molar-refractivity contribution in [1.82, 2.24) is 15.9 Å². The maximum Gasteiger partial charge on any atom is 0.0703 e. The molecule has 15 heavy (non-hydrogen) atoms. The Morgan fingerprint density at radius 1 is 1.40 bits per heavy atom. The van der Waals surface area contributed by atoms with Crippen LogP contribution in [0, 0.1) is 0 Å². The zero-order valence-electron chi connectivity index (χ0n) is 9.13. The van der Waals surface area contributed by atoms with Gasteiger partial charge in [0.1, 0.15) is 0 Å². The van der Waals surface area contributed by atoms with E-state index in [9.17, 15) is 0 Å². The van der Waals surface area contributed by atoms with Crippen LogP contribution in [0.1, 0.15) is 19.0 Å². The molecular weight excluding hydrogens is 210 g/mol. The Hall–Kier alpha value is -1.06. The van der Waals surface area contributed by atoms with Crippen LogP contribution in [0.5, 0.6) is 0 Å². The highest BCUT2D eigenvalue weighted by Gasteiger charge is 2.07. The quantitative estimate of drug-likeness (QED) is 0.852. The Bertz CT molecular complexity index is 462. The van der Waals surface area contributed by atoms with Gasteiger partial charge in [-0.25, -0.2) is 0 Å². The normalized spacial score (nSPS) is 10.3. The van der Waals surface area contributed by atoms with E-state index < -0.39 is 0 Å². The summed E-state index contributed by atoms with van der Waals surface area (Å²) in [6.45, 7) is 2.16. The average molecular weight is 226 g/mol. The van der Waals surface area contributed by atoms with E-state index in [1.165, 1.54) is 5.39 Å². The lowest BCUT2D eigenvalue weighted by Crippen LogP contribution is -1.91. The molecule has 2 rings (SSSR count). The van der Waals surface area contributed by atoms with Gasteiger partial charge in [-0.1, -0.05) is 24.9 Å². The van der Waals surface area contributed by atoms with Crippen molar-refractivity contribution < 1.29 is 0 Å². The summed E-state index contributed by atoms with van der Waals surface area (Å²) >= 11 is 5.96. The molecule has 1 heterocycles. The van der Waals surface area contributed by atoms with E-state index in [0.29, 0.717) is 0 Å². The second kappa shape index (κ2) is 4.64. The molecule has 3 nitrogen and oxygen atoms in total. The van der Waals surface area contributed by atoms with Crippen LogP contribution in [-0.4, -0.2) is 9.78 Å². The summed E-state index contributed by atoms with van der Waals surface area (Å²) in [5.74, 6) is 0. The van der Waals surface area contributed by atoms with Gasteiger partial charge < -0.3 is 6.15 Å². The number of nitrogens with zero attached hydrogens (tertiary/aromatic N) is 2. The van der Waals surface area contributed by atoms with E-state index in [1.807, 2.05) is 29.9 Å². The third kappa shape index (κ3) is 2.13. The van der Waals surface area contributed by atoms with Gasteiger partial charge in [0, 0.05) is 17.5 Å². The summed E-state index contributed by atoms with van der Waals surface area (Å²) in [5, 5.41) is 6.44. The standard InChI is InChI=1S/C11H13ClN2.H3N/c1-3-4-10-9-7-8(12)5-6-11(9)14(2)13-10;/h5-7H,3-4H2,1-2H3;1H3. The van der Waals surface area contributed by atoms with E-state index in [0.717, 1.165) is 29.1 Å². The monoisotopic (exact) mass is 225 g/mol. The van der Waals surface area contributed by atoms with Crippen LogP contribution in [0.2, 0.25) is 5.02 Å². The molecular formula is C11H16ClN3. The van der Waals surface area contributed by atoms with Crippen LogP contribution in [0.25, 0.3) is 10.9 Å². The molecule has 1 aromatic heterocycles. The summed E-state index contributed by atoms with van der Waals surface area (Å²) < 4.78 is 1.91. The molecule has 0 amide bonds. The van der Waals surface area contributed by atoms with Gasteiger partial charge in [-0.3, -0.25) is 4.68 Å². The largest absolute Gasteiger partial charge is 0.344 e. The van der Waals surface area contributed by atoms with Crippen molar-refractivity contribution in [2.45, 2.75) is 19.8 Å². The Labute approximate surface area is 94.6 Å². The molecule has 2 aromatic rings. The molecule has 0 aliphatic rings. The number of fused-ring (bicyclic) bond motifs is 1. The lowest BCUT2D eigenvalue weighted by atomic mass is 10.1. The van der Waals surface area contributed by atoms with Gasteiger partial charge >= 0.3 is 0 Å². The summed E-state index contributed by atoms with van der Waals surface area (Å²) in [6, 6.07) is 5.92. The van der Waals surface area contributed by atoms with Crippen molar-refractivity contribution in [1.29, 1.82) is 0 Å². The SMILES string of the molecule is CCCc1nn(C)c2ccc(Cl)cc12.N. The van der Waals surface area contributed by atoms with Gasteiger partial charge in [-0.05, 0) is 24.6 Å². The Morgan fingerprint density at radius 2 is 2.13 bits per heavy atom. The molecule has 0 atom stereocenters. The van der Waals surface area contributed by atoms with Gasteiger partial charge in [0.15, 0.2) is 0 Å². The molecule has 0 fully saturated rings. The maximum absolute atomic E-state index is 5.96. The first-order valence-electron chi connectivity index (χ1n) is 4.83. The first-order valence-corrected chi connectivity index (χ1v) is 5.21. The number of halogens is 1. The van der Waals surface area contributed by atoms with Crippen LogP contribution in [0.4, 0.5) is 0 Å². The first-order chi connectivity index (χ1) is 6.72. The fourth-order valence-corrected chi connectivity index (χ4v) is 1.90. The van der Waals surface area contributed by atoms with Gasteiger partial charge in [-0.2, -0.15) is 5.10 Å². The summed E-state index contributed by atoms with van der Waals surface area (Å²) in [5.41, 5.74) is 2.30. The van der Waals surface area contributed by atoms with Crippen LogP contribution >= 0.6 is 11.6 Å². The molecule has 0 spiro atoms. The van der Waals surface area contributed by atoms with Crippen molar-refractivity contribution in [2.75, 3.05) is 0 Å². The predicted molar refractivity (Wildman–Crippen MR) is 64.7 cm³/mol. The fraction of sp³-hybridized carbons (Fsp3) is 0.364. The van der Waals surface area contributed by atoms with Crippen molar-refractivity contribution in [3.8, 4) is 0 Å². The van der Waals surface area contributed by atoms with Crippen LogP contribution in [0.15, 0.2) is 18.2 Å². The van der Waals surface area contributed by atoms with Gasteiger partial charge in [0.05, 0.1) is 11.2 Å². The minimum atomic E-state index is 0. The summed E-state index contributed by atoms with van der Waals surface area (Å²) in [6.07, 6.45) is 2.12. The molecule has 0 bridgehead atoms. The molecule has 0 saturated carbocycles. The molecule has 1 aromatic carbocycles. The zero-order chi connectivity index (χ0) is 10.1. The molecule has 4 heteroatoms. The third-order valence-electron chi connectivity index (χ3n) is 2.38. The summed E-state index contributed by atoms with van der Waals surface area (Å²) in [7, 11) is 1.97. The average Bonchev–Trinajstić information content (AvgIpc) is 2.44. The van der Waals surface area contributed by atoms with Gasteiger partial charge in [0.25, 0.3) is 0 Å². The van der Waals surface area contributed by atoms with E-state index in [-0.39, 0.29) is 6.15 Å². The predicted octanol–water partition coefficient (Wildman–Crippen LogP) is 3.34. The minimum absolute atomic E-state index is 0. The second-order valence-electron chi connectivity index (χ2n) is 3.48. The molecule has 0 unspecified atom stereocenters. The number of hydrogen-bond donors (Lipinski definition) is 1. The highest BCUT2D eigenvalue weighted by Crippen LogP contribution is 2.22. The Balaban J connectivity index is 0.00000112. The van der Waals surface area contributed by atoms with Crippen LogP contribution < -0.4 is 6.15 Å². The van der Waals surface area contributed by atoms with Crippen molar-refractivity contribution in [3.05, 3.63) is 28.9 Å². The summed E-state index contributed by atoms with van der Waals surface area (Å²) in [4.78, 5) is 0. The third-order valence-corrected chi connectivity index (χ3v) is 2.61. The molecule has 0 aliphatic carbocycles. The van der Waals surface area contributed by atoms with Crippen LogP contribution in [-0.2, 0) is 13.5 Å². The zero-order valence-corrected chi connectivity index (χ0v) is 9.88. The van der Waals surface area contributed by atoms with Crippen molar-refractivity contribution in [3.63, 3.8) is 0 Å². The number of aromatic nitrogens is 2. The first kappa shape index (κ1) is 12.0. The molecule has 0 radical (unpaired) electrons. The number of aryl methyl sites for hydroxylation is 2. The van der Waals surface area contributed by atoms with Crippen LogP contribution in [0.3, 0.4) is 0 Å². The lowest BCUT2D eigenvalue weighted by molar-refractivity contribution is 0.753. The highest BCUT2D eigenvalue weighted by atomic mass is 35.5. The van der Waals surface area contributed by atoms with E-state index >= 15 is 0 Å². The molecule has 82 valence electrons. The van der Waals surface area contributed by atoms with Gasteiger partial charge in [0.2, 0.25) is 0 Å². The fourth-order valence-electron chi connectivity index (χ4n) is 1.73. The Morgan fingerprint density at radius 3 is 2.80 bits per heavy atom. The van der Waals surface area contributed by atoms with E-state index in [4.69, 9.17) is 11.6 Å². The minimum Gasteiger partial charge on any atom is -0.344 e. The Kier molecular flexibility index (Phi) is 3.72. The topological polar surface area (TPSA) is 52.8 Å². The van der Waals surface area contributed by atoms with Crippen molar-refractivity contribution in [2.24, 2.45) is 7.05 Å². The van der Waals surface area contributed by atoms with E-state index in [2.05, 4.69) is 12.0 Å². The smallest absolute Gasteiger partial charge is 0.0703 e. The molecule has 3 N–H and O–H groups in total. The molecule has 0 saturated heterocycles. The number of hydrogen-bond acceptors (Lipinski definition) is 2. The lowest BCUT2D eigenvalue weighted by Gasteiger charge is -1.94. The van der Waals surface area contributed by atoms with E-state index in [1.54, 1.807) is 0 Å². The maximum atomic E-state index is 5.96. The number of rotatable bonds is 2. The highest BCUT2D eigenvalue weighted by molar-refractivity contribution is 6.31. The van der Waals surface area contributed by atoms with Crippen molar-refractivity contribution >= 4 is 22.5 Å². The second-order valence-corrected chi connectivity index (χ2v) is 3.92. The number of benzene rings is 1.